The summed E-state index contributed by atoms with van der Waals surface area (Å²) in [5, 5.41) is 3.35. The molecule has 0 aliphatic rings. The van der Waals surface area contributed by atoms with Gasteiger partial charge in [-0.1, -0.05) is 13.8 Å². The van der Waals surface area contributed by atoms with Gasteiger partial charge in [0.25, 0.3) is 5.56 Å². The molecule has 1 aromatic heterocycles. The fraction of sp³-hybridized carbons (Fsp3) is 0.692. The van der Waals surface area contributed by atoms with E-state index in [2.05, 4.69) is 24.1 Å². The van der Waals surface area contributed by atoms with E-state index in [9.17, 15) is 4.79 Å². The van der Waals surface area contributed by atoms with Crippen LogP contribution in [0.4, 0.5) is 0 Å². The van der Waals surface area contributed by atoms with Crippen molar-refractivity contribution < 1.29 is 0 Å². The normalized spacial score (nSPS) is 11.1. The van der Waals surface area contributed by atoms with Gasteiger partial charge < -0.3 is 5.32 Å². The summed E-state index contributed by atoms with van der Waals surface area (Å²) < 4.78 is 1.72. The number of hydrogen-bond donors (Lipinski definition) is 1. The summed E-state index contributed by atoms with van der Waals surface area (Å²) in [4.78, 5) is 16.0. The fourth-order valence-electron chi connectivity index (χ4n) is 1.74. The molecule has 0 saturated carbocycles. The minimum absolute atomic E-state index is 0.0423. The van der Waals surface area contributed by atoms with Crippen LogP contribution >= 0.6 is 0 Å². The van der Waals surface area contributed by atoms with Gasteiger partial charge in [-0.15, -0.1) is 0 Å². The quantitative estimate of drug-likeness (QED) is 0.763. The summed E-state index contributed by atoms with van der Waals surface area (Å²) in [6.45, 7) is 10.7. The molecular weight excluding hydrogens is 214 g/mol. The summed E-state index contributed by atoms with van der Waals surface area (Å²) in [7, 11) is 0. The van der Waals surface area contributed by atoms with Crippen LogP contribution in [0.25, 0.3) is 0 Å². The van der Waals surface area contributed by atoms with Crippen LogP contribution in [0.2, 0.25) is 0 Å². The molecule has 0 atom stereocenters. The van der Waals surface area contributed by atoms with Gasteiger partial charge in [-0.05, 0) is 32.7 Å². The molecule has 0 saturated heterocycles. The van der Waals surface area contributed by atoms with Crippen LogP contribution in [0.5, 0.6) is 0 Å². The summed E-state index contributed by atoms with van der Waals surface area (Å²) >= 11 is 0. The average Bonchev–Trinajstić information content (AvgIpc) is 2.20. The summed E-state index contributed by atoms with van der Waals surface area (Å²) in [5.41, 5.74) is 0.831. The highest BCUT2D eigenvalue weighted by Gasteiger charge is 2.02. The van der Waals surface area contributed by atoms with Crippen molar-refractivity contribution in [1.29, 1.82) is 0 Å². The lowest BCUT2D eigenvalue weighted by atomic mass is 10.1. The highest BCUT2D eigenvalue weighted by molar-refractivity contribution is 5.01. The lowest BCUT2D eigenvalue weighted by Crippen LogP contribution is -2.29. The Morgan fingerprint density at radius 2 is 2.06 bits per heavy atom. The molecule has 0 spiro atoms. The molecule has 96 valence electrons. The number of aryl methyl sites for hydroxylation is 2. The van der Waals surface area contributed by atoms with Crippen LogP contribution in [-0.4, -0.2) is 22.6 Å². The lowest BCUT2D eigenvalue weighted by Gasteiger charge is -2.11. The number of rotatable bonds is 6. The SMILES string of the molecule is Cc1cc(=O)n(CCNCCC(C)C)c(C)n1. The second-order valence-electron chi connectivity index (χ2n) is 4.87. The Morgan fingerprint density at radius 3 is 2.65 bits per heavy atom. The van der Waals surface area contributed by atoms with Gasteiger partial charge in [0.05, 0.1) is 0 Å². The van der Waals surface area contributed by atoms with E-state index in [1.165, 1.54) is 6.42 Å². The Hall–Kier alpha value is -1.16. The van der Waals surface area contributed by atoms with Crippen LogP contribution in [0.15, 0.2) is 10.9 Å². The maximum absolute atomic E-state index is 11.7. The van der Waals surface area contributed by atoms with E-state index in [0.717, 1.165) is 24.6 Å². The smallest absolute Gasteiger partial charge is 0.253 e. The minimum Gasteiger partial charge on any atom is -0.315 e. The Morgan fingerprint density at radius 1 is 1.35 bits per heavy atom. The molecule has 1 N–H and O–H groups in total. The standard InChI is InChI=1S/C13H23N3O/c1-10(2)5-6-14-7-8-16-12(4)15-11(3)9-13(16)17/h9-10,14H,5-8H2,1-4H3. The van der Waals surface area contributed by atoms with Crippen molar-refractivity contribution in [2.24, 2.45) is 5.92 Å². The molecule has 0 bridgehead atoms. The second-order valence-corrected chi connectivity index (χ2v) is 4.87. The monoisotopic (exact) mass is 237 g/mol. The Kier molecular flexibility index (Phi) is 5.35. The number of aromatic nitrogens is 2. The molecule has 4 nitrogen and oxygen atoms in total. The fourth-order valence-corrected chi connectivity index (χ4v) is 1.74. The van der Waals surface area contributed by atoms with E-state index in [-0.39, 0.29) is 5.56 Å². The molecule has 0 aliphatic carbocycles. The summed E-state index contributed by atoms with van der Waals surface area (Å²) in [5.74, 6) is 1.51. The molecule has 0 aliphatic heterocycles. The van der Waals surface area contributed by atoms with Gasteiger partial charge in [0, 0.05) is 24.8 Å². The number of nitrogens with zero attached hydrogens (tertiary/aromatic N) is 2. The highest BCUT2D eigenvalue weighted by Crippen LogP contribution is 1.96. The summed E-state index contributed by atoms with van der Waals surface area (Å²) in [6.07, 6.45) is 1.17. The molecule has 0 fully saturated rings. The van der Waals surface area contributed by atoms with Crippen molar-refractivity contribution in [1.82, 2.24) is 14.9 Å². The van der Waals surface area contributed by atoms with Crippen molar-refractivity contribution in [2.75, 3.05) is 13.1 Å². The average molecular weight is 237 g/mol. The summed E-state index contributed by atoms with van der Waals surface area (Å²) in [6, 6.07) is 1.58. The third-order valence-electron chi connectivity index (χ3n) is 2.74. The van der Waals surface area contributed by atoms with Crippen LogP contribution in [0.3, 0.4) is 0 Å². The van der Waals surface area contributed by atoms with E-state index >= 15 is 0 Å². The van der Waals surface area contributed by atoms with Gasteiger partial charge in [0.15, 0.2) is 0 Å². The minimum atomic E-state index is 0.0423. The van der Waals surface area contributed by atoms with E-state index in [0.29, 0.717) is 12.5 Å². The Balaban J connectivity index is 2.45. The van der Waals surface area contributed by atoms with Gasteiger partial charge in [-0.2, -0.15) is 0 Å². The first-order chi connectivity index (χ1) is 8.00. The largest absolute Gasteiger partial charge is 0.315 e. The Labute approximate surface area is 103 Å². The topological polar surface area (TPSA) is 46.9 Å². The zero-order chi connectivity index (χ0) is 12.8. The molecule has 0 radical (unpaired) electrons. The van der Waals surface area contributed by atoms with Crippen LogP contribution in [-0.2, 0) is 6.54 Å². The number of hydrogen-bond acceptors (Lipinski definition) is 3. The van der Waals surface area contributed by atoms with Gasteiger partial charge in [0.2, 0.25) is 0 Å². The van der Waals surface area contributed by atoms with E-state index in [4.69, 9.17) is 0 Å². The lowest BCUT2D eigenvalue weighted by molar-refractivity contribution is 0.509. The molecular formula is C13H23N3O. The third kappa shape index (κ3) is 4.69. The van der Waals surface area contributed by atoms with Gasteiger partial charge in [0.1, 0.15) is 5.82 Å². The molecule has 0 amide bonds. The highest BCUT2D eigenvalue weighted by atomic mass is 16.1. The molecule has 1 rings (SSSR count). The van der Waals surface area contributed by atoms with Gasteiger partial charge in [-0.3, -0.25) is 9.36 Å². The van der Waals surface area contributed by atoms with Crippen LogP contribution in [0.1, 0.15) is 31.8 Å². The molecule has 1 aromatic rings. The van der Waals surface area contributed by atoms with Gasteiger partial charge >= 0.3 is 0 Å². The first kappa shape index (κ1) is 13.9. The molecule has 4 heteroatoms. The zero-order valence-corrected chi connectivity index (χ0v) is 11.3. The molecule has 0 unspecified atom stereocenters. The first-order valence-electron chi connectivity index (χ1n) is 6.26. The molecule has 17 heavy (non-hydrogen) atoms. The number of nitrogens with one attached hydrogen (secondary N) is 1. The van der Waals surface area contributed by atoms with Crippen LogP contribution in [0, 0.1) is 19.8 Å². The van der Waals surface area contributed by atoms with Gasteiger partial charge in [-0.25, -0.2) is 4.98 Å². The van der Waals surface area contributed by atoms with Crippen molar-refractivity contribution in [3.8, 4) is 0 Å². The zero-order valence-electron chi connectivity index (χ0n) is 11.3. The van der Waals surface area contributed by atoms with Crippen molar-refractivity contribution >= 4 is 0 Å². The van der Waals surface area contributed by atoms with Crippen molar-refractivity contribution in [2.45, 2.75) is 40.7 Å². The van der Waals surface area contributed by atoms with E-state index in [1.807, 2.05) is 13.8 Å². The second kappa shape index (κ2) is 6.55. The van der Waals surface area contributed by atoms with E-state index in [1.54, 1.807) is 10.6 Å². The van der Waals surface area contributed by atoms with Crippen molar-refractivity contribution in [3.63, 3.8) is 0 Å². The molecule has 1 heterocycles. The predicted molar refractivity (Wildman–Crippen MR) is 70.3 cm³/mol. The van der Waals surface area contributed by atoms with E-state index < -0.39 is 0 Å². The predicted octanol–water partition coefficient (Wildman–Crippen LogP) is 1.50. The van der Waals surface area contributed by atoms with Crippen molar-refractivity contribution in [3.05, 3.63) is 27.9 Å². The van der Waals surface area contributed by atoms with Crippen LogP contribution < -0.4 is 10.9 Å². The maximum Gasteiger partial charge on any atom is 0.253 e. The maximum atomic E-state index is 11.7. The third-order valence-corrected chi connectivity index (χ3v) is 2.74. The Bertz CT molecular complexity index is 410. The first-order valence-corrected chi connectivity index (χ1v) is 6.26. The molecule has 0 aromatic carbocycles.